The monoisotopic (exact) mass is 246 g/mol. The van der Waals surface area contributed by atoms with Gasteiger partial charge in [-0.1, -0.05) is 11.8 Å². The standard InChI is InChI=1S/C12H14N4S/c1-3-14-12-15-9(2)8-11(16-12)17-10-4-6-13-7-5-10/h4-8H,3H2,1-2H3,(H,14,15,16). The fourth-order valence-electron chi connectivity index (χ4n) is 1.36. The maximum atomic E-state index is 4.44. The lowest BCUT2D eigenvalue weighted by molar-refractivity contribution is 0.984. The summed E-state index contributed by atoms with van der Waals surface area (Å²) in [7, 11) is 0. The predicted octanol–water partition coefficient (Wildman–Crippen LogP) is 2.76. The van der Waals surface area contributed by atoms with Crippen LogP contribution in [0.5, 0.6) is 0 Å². The third-order valence-electron chi connectivity index (χ3n) is 2.04. The van der Waals surface area contributed by atoms with Crippen molar-refractivity contribution in [2.24, 2.45) is 0 Å². The molecule has 2 heterocycles. The van der Waals surface area contributed by atoms with Crippen molar-refractivity contribution in [1.82, 2.24) is 15.0 Å². The first-order valence-electron chi connectivity index (χ1n) is 5.45. The van der Waals surface area contributed by atoms with Gasteiger partial charge in [0.1, 0.15) is 5.03 Å². The maximum Gasteiger partial charge on any atom is 0.223 e. The van der Waals surface area contributed by atoms with E-state index >= 15 is 0 Å². The first-order chi connectivity index (χ1) is 8.28. The van der Waals surface area contributed by atoms with Crippen molar-refractivity contribution in [3.63, 3.8) is 0 Å². The van der Waals surface area contributed by atoms with Crippen molar-refractivity contribution in [2.45, 2.75) is 23.8 Å². The lowest BCUT2D eigenvalue weighted by atomic mass is 10.4. The average Bonchev–Trinajstić information content (AvgIpc) is 2.30. The third kappa shape index (κ3) is 3.42. The van der Waals surface area contributed by atoms with Crippen LogP contribution in [-0.4, -0.2) is 21.5 Å². The largest absolute Gasteiger partial charge is 0.354 e. The van der Waals surface area contributed by atoms with Crippen molar-refractivity contribution in [3.05, 3.63) is 36.3 Å². The molecule has 0 aliphatic rings. The molecule has 0 unspecified atom stereocenters. The van der Waals surface area contributed by atoms with E-state index in [9.17, 15) is 0 Å². The van der Waals surface area contributed by atoms with Gasteiger partial charge in [0, 0.05) is 29.5 Å². The first-order valence-corrected chi connectivity index (χ1v) is 6.27. The molecule has 1 N–H and O–H groups in total. The second kappa shape index (κ2) is 5.63. The van der Waals surface area contributed by atoms with Gasteiger partial charge in [0.15, 0.2) is 0 Å². The van der Waals surface area contributed by atoms with Crippen molar-refractivity contribution in [2.75, 3.05) is 11.9 Å². The van der Waals surface area contributed by atoms with E-state index < -0.39 is 0 Å². The Kier molecular flexibility index (Phi) is 3.93. The molecule has 2 aromatic heterocycles. The lowest BCUT2D eigenvalue weighted by Gasteiger charge is -2.06. The van der Waals surface area contributed by atoms with Crippen LogP contribution in [0, 0.1) is 6.92 Å². The third-order valence-corrected chi connectivity index (χ3v) is 2.96. The van der Waals surface area contributed by atoms with Crippen LogP contribution in [0.2, 0.25) is 0 Å². The summed E-state index contributed by atoms with van der Waals surface area (Å²) in [6, 6.07) is 5.91. The second-order valence-electron chi connectivity index (χ2n) is 3.49. The topological polar surface area (TPSA) is 50.7 Å². The van der Waals surface area contributed by atoms with Crippen LogP contribution in [0.15, 0.2) is 40.5 Å². The molecule has 88 valence electrons. The number of hydrogen-bond acceptors (Lipinski definition) is 5. The number of hydrogen-bond donors (Lipinski definition) is 1. The van der Waals surface area contributed by atoms with Crippen LogP contribution in [0.4, 0.5) is 5.95 Å². The van der Waals surface area contributed by atoms with Gasteiger partial charge in [-0.15, -0.1) is 0 Å². The van der Waals surface area contributed by atoms with Crippen LogP contribution in [-0.2, 0) is 0 Å². The number of anilines is 1. The van der Waals surface area contributed by atoms with Crippen LogP contribution in [0.3, 0.4) is 0 Å². The van der Waals surface area contributed by atoms with Gasteiger partial charge in [-0.05, 0) is 32.0 Å². The van der Waals surface area contributed by atoms with E-state index in [0.717, 1.165) is 22.2 Å². The van der Waals surface area contributed by atoms with Crippen LogP contribution < -0.4 is 5.32 Å². The molecular formula is C12H14N4S. The summed E-state index contributed by atoms with van der Waals surface area (Å²) in [5, 5.41) is 4.07. The molecule has 5 heteroatoms. The van der Waals surface area contributed by atoms with Gasteiger partial charge in [-0.3, -0.25) is 4.98 Å². The molecule has 0 radical (unpaired) electrons. The molecule has 2 rings (SSSR count). The normalized spacial score (nSPS) is 10.2. The molecule has 0 aromatic carbocycles. The van der Waals surface area contributed by atoms with Gasteiger partial charge >= 0.3 is 0 Å². The van der Waals surface area contributed by atoms with Gasteiger partial charge in [0.2, 0.25) is 5.95 Å². The molecule has 0 saturated carbocycles. The molecule has 0 spiro atoms. The number of aromatic nitrogens is 3. The fraction of sp³-hybridized carbons (Fsp3) is 0.250. The summed E-state index contributed by atoms with van der Waals surface area (Å²) in [5.41, 5.74) is 0.965. The Morgan fingerprint density at radius 2 is 2.00 bits per heavy atom. The van der Waals surface area contributed by atoms with Crippen LogP contribution in [0.1, 0.15) is 12.6 Å². The summed E-state index contributed by atoms with van der Waals surface area (Å²) >= 11 is 1.61. The van der Waals surface area contributed by atoms with E-state index in [2.05, 4.69) is 20.3 Å². The molecule has 0 atom stereocenters. The predicted molar refractivity (Wildman–Crippen MR) is 69.3 cm³/mol. The zero-order chi connectivity index (χ0) is 12.1. The molecule has 0 amide bonds. The minimum absolute atomic E-state index is 0.684. The number of pyridine rings is 1. The van der Waals surface area contributed by atoms with E-state index in [4.69, 9.17) is 0 Å². The Hall–Kier alpha value is -1.62. The molecule has 0 saturated heterocycles. The summed E-state index contributed by atoms with van der Waals surface area (Å²) in [6.07, 6.45) is 3.56. The molecule has 0 aliphatic carbocycles. The quantitative estimate of drug-likeness (QED) is 0.841. The fourth-order valence-corrected chi connectivity index (χ4v) is 2.22. The summed E-state index contributed by atoms with van der Waals surface area (Å²) in [6.45, 7) is 4.82. The Bertz CT molecular complexity index is 487. The van der Waals surface area contributed by atoms with E-state index in [1.807, 2.05) is 32.0 Å². The van der Waals surface area contributed by atoms with E-state index in [1.165, 1.54) is 0 Å². The van der Waals surface area contributed by atoms with Crippen molar-refractivity contribution in [1.29, 1.82) is 0 Å². The lowest BCUT2D eigenvalue weighted by Crippen LogP contribution is -2.03. The van der Waals surface area contributed by atoms with Gasteiger partial charge in [0.05, 0.1) is 0 Å². The molecule has 4 nitrogen and oxygen atoms in total. The average molecular weight is 246 g/mol. The van der Waals surface area contributed by atoms with E-state index in [-0.39, 0.29) is 0 Å². The molecule has 0 fully saturated rings. The highest BCUT2D eigenvalue weighted by atomic mass is 32.2. The Labute approximate surface area is 105 Å². The van der Waals surface area contributed by atoms with E-state index in [1.54, 1.807) is 24.2 Å². The molecule has 0 bridgehead atoms. The highest BCUT2D eigenvalue weighted by Crippen LogP contribution is 2.26. The van der Waals surface area contributed by atoms with Gasteiger partial charge in [0.25, 0.3) is 0 Å². The number of nitrogens with zero attached hydrogens (tertiary/aromatic N) is 3. The van der Waals surface area contributed by atoms with Gasteiger partial charge in [-0.25, -0.2) is 9.97 Å². The number of rotatable bonds is 4. The molecule has 17 heavy (non-hydrogen) atoms. The SMILES string of the molecule is CCNc1nc(C)cc(Sc2ccncc2)n1. The number of aryl methyl sites for hydroxylation is 1. The summed E-state index contributed by atoms with van der Waals surface area (Å²) in [5.74, 6) is 0.684. The molecule has 2 aromatic rings. The van der Waals surface area contributed by atoms with E-state index in [0.29, 0.717) is 5.95 Å². The zero-order valence-corrected chi connectivity index (χ0v) is 10.7. The van der Waals surface area contributed by atoms with Gasteiger partial charge in [-0.2, -0.15) is 0 Å². The summed E-state index contributed by atoms with van der Waals surface area (Å²) < 4.78 is 0. The Morgan fingerprint density at radius 3 is 2.71 bits per heavy atom. The van der Waals surface area contributed by atoms with Crippen LogP contribution >= 0.6 is 11.8 Å². The minimum atomic E-state index is 0.684. The first kappa shape index (κ1) is 11.9. The highest BCUT2D eigenvalue weighted by molar-refractivity contribution is 7.99. The molecular weight excluding hydrogens is 232 g/mol. The number of nitrogens with one attached hydrogen (secondary N) is 1. The second-order valence-corrected chi connectivity index (χ2v) is 4.58. The van der Waals surface area contributed by atoms with Crippen LogP contribution in [0.25, 0.3) is 0 Å². The Morgan fingerprint density at radius 1 is 1.24 bits per heavy atom. The Balaban J connectivity index is 2.21. The summed E-state index contributed by atoms with van der Waals surface area (Å²) in [4.78, 5) is 13.9. The smallest absolute Gasteiger partial charge is 0.223 e. The maximum absolute atomic E-state index is 4.44. The highest BCUT2D eigenvalue weighted by Gasteiger charge is 2.03. The zero-order valence-electron chi connectivity index (χ0n) is 9.84. The molecule has 0 aliphatic heterocycles. The van der Waals surface area contributed by atoms with Crippen molar-refractivity contribution in [3.8, 4) is 0 Å². The van der Waals surface area contributed by atoms with Crippen molar-refractivity contribution < 1.29 is 0 Å². The van der Waals surface area contributed by atoms with Crippen molar-refractivity contribution >= 4 is 17.7 Å². The van der Waals surface area contributed by atoms with Gasteiger partial charge < -0.3 is 5.32 Å². The minimum Gasteiger partial charge on any atom is -0.354 e.